The number of rotatable bonds is 2. The van der Waals surface area contributed by atoms with E-state index in [1.165, 1.54) is 23.3 Å². The van der Waals surface area contributed by atoms with Crippen molar-refractivity contribution in [3.8, 4) is 5.75 Å². The van der Waals surface area contributed by atoms with Crippen molar-refractivity contribution in [2.75, 3.05) is 32.1 Å². The lowest BCUT2D eigenvalue weighted by atomic mass is 9.79. The second-order valence-corrected chi connectivity index (χ2v) is 8.48. The summed E-state index contributed by atoms with van der Waals surface area (Å²) in [6.07, 6.45) is 2.33. The fourth-order valence-electron chi connectivity index (χ4n) is 5.16. The highest BCUT2D eigenvalue weighted by atomic mass is 19.1. The summed E-state index contributed by atoms with van der Waals surface area (Å²) >= 11 is 0. The van der Waals surface area contributed by atoms with Gasteiger partial charge in [-0.15, -0.1) is 0 Å². The highest BCUT2D eigenvalue weighted by Gasteiger charge is 2.43. The topological polar surface area (TPSA) is 67.9 Å². The molecule has 0 radical (unpaired) electrons. The first-order chi connectivity index (χ1) is 15.0. The van der Waals surface area contributed by atoms with Gasteiger partial charge >= 0.3 is 0 Å². The molecule has 1 spiro atoms. The monoisotopic (exact) mass is 424 g/mol. The van der Waals surface area contributed by atoms with Crippen molar-refractivity contribution in [2.24, 2.45) is 0 Å². The number of amides is 2. The number of methoxy groups -OCH3 is 1. The number of nitrogens with one attached hydrogen (secondary N) is 1. The fraction of sp³-hybridized carbons (Fsp3) is 0.417. The lowest BCUT2D eigenvalue weighted by Crippen LogP contribution is -2.50. The largest absolute Gasteiger partial charge is 0.497 e. The molecular weight excluding hydrogens is 399 g/mol. The van der Waals surface area contributed by atoms with Crippen LogP contribution in [0.25, 0.3) is 0 Å². The zero-order chi connectivity index (χ0) is 21.6. The molecule has 3 aliphatic rings. The molecule has 0 aromatic heterocycles. The number of benzene rings is 2. The SMILES string of the molecule is COc1ccc2c(c1)CCOC21CCN(C(=O)C2CC(=O)Nc3cc(F)ccc32)CC1. The third-order valence-corrected chi connectivity index (χ3v) is 6.79. The molecule has 1 atom stereocenters. The molecule has 0 bridgehead atoms. The number of carbonyl (C=O) groups excluding carboxylic acids is 2. The van der Waals surface area contributed by atoms with Gasteiger partial charge in [0, 0.05) is 25.2 Å². The molecule has 0 saturated carbocycles. The quantitative estimate of drug-likeness (QED) is 0.803. The second-order valence-electron chi connectivity index (χ2n) is 8.48. The third kappa shape index (κ3) is 3.47. The zero-order valence-electron chi connectivity index (χ0n) is 17.4. The van der Waals surface area contributed by atoms with Crippen LogP contribution >= 0.6 is 0 Å². The van der Waals surface area contributed by atoms with E-state index < -0.39 is 11.7 Å². The van der Waals surface area contributed by atoms with Crippen molar-refractivity contribution in [3.63, 3.8) is 0 Å². The first kappa shape index (κ1) is 20.0. The van der Waals surface area contributed by atoms with Crippen LogP contribution in [0.5, 0.6) is 5.75 Å². The van der Waals surface area contributed by atoms with Gasteiger partial charge in [-0.25, -0.2) is 4.39 Å². The van der Waals surface area contributed by atoms with Crippen molar-refractivity contribution in [1.82, 2.24) is 4.90 Å². The number of ether oxygens (including phenoxy) is 2. The number of fused-ring (bicyclic) bond motifs is 3. The maximum Gasteiger partial charge on any atom is 0.230 e. The first-order valence-corrected chi connectivity index (χ1v) is 10.7. The van der Waals surface area contributed by atoms with Crippen LogP contribution in [-0.4, -0.2) is 43.5 Å². The third-order valence-electron chi connectivity index (χ3n) is 6.79. The molecule has 2 aromatic rings. The predicted octanol–water partition coefficient (Wildman–Crippen LogP) is 3.35. The Morgan fingerprint density at radius 2 is 2.03 bits per heavy atom. The summed E-state index contributed by atoms with van der Waals surface area (Å²) in [5.41, 5.74) is 3.11. The number of piperidine rings is 1. The number of halogens is 1. The molecule has 1 fully saturated rings. The Bertz CT molecular complexity index is 1050. The van der Waals surface area contributed by atoms with Crippen LogP contribution in [0.3, 0.4) is 0 Å². The maximum absolute atomic E-state index is 13.6. The minimum Gasteiger partial charge on any atom is -0.497 e. The maximum atomic E-state index is 13.6. The standard InChI is InChI=1S/C24H25FN2O4/c1-30-17-3-5-20-15(12-17)6-11-31-24(20)7-9-27(10-8-24)23(29)19-14-22(28)26-21-13-16(25)2-4-18(19)21/h2-5,12-13,19H,6-11,14H2,1H3,(H,26,28). The van der Waals surface area contributed by atoms with E-state index in [1.807, 2.05) is 11.0 Å². The Balaban J connectivity index is 1.35. The molecule has 3 aliphatic heterocycles. The van der Waals surface area contributed by atoms with Gasteiger partial charge in [-0.05, 0) is 60.2 Å². The number of anilines is 1. The van der Waals surface area contributed by atoms with E-state index in [0.29, 0.717) is 43.8 Å². The van der Waals surface area contributed by atoms with Gasteiger partial charge in [0.15, 0.2) is 0 Å². The summed E-state index contributed by atoms with van der Waals surface area (Å²) in [6.45, 7) is 1.76. The Morgan fingerprint density at radius 1 is 1.23 bits per heavy atom. The van der Waals surface area contributed by atoms with Crippen LogP contribution < -0.4 is 10.1 Å². The molecule has 1 N–H and O–H groups in total. The summed E-state index contributed by atoms with van der Waals surface area (Å²) in [5, 5.41) is 2.68. The summed E-state index contributed by atoms with van der Waals surface area (Å²) in [7, 11) is 1.67. The molecule has 2 amide bonds. The van der Waals surface area contributed by atoms with Gasteiger partial charge in [0.05, 0.1) is 25.2 Å². The summed E-state index contributed by atoms with van der Waals surface area (Å²) in [6, 6.07) is 10.3. The van der Waals surface area contributed by atoms with Crippen LogP contribution in [-0.2, 0) is 26.3 Å². The molecule has 1 unspecified atom stereocenters. The first-order valence-electron chi connectivity index (χ1n) is 10.7. The van der Waals surface area contributed by atoms with Gasteiger partial charge in [-0.1, -0.05) is 12.1 Å². The molecule has 3 heterocycles. The smallest absolute Gasteiger partial charge is 0.230 e. The number of nitrogens with zero attached hydrogens (tertiary/aromatic N) is 1. The van der Waals surface area contributed by atoms with E-state index in [0.717, 1.165) is 12.2 Å². The van der Waals surface area contributed by atoms with Crippen molar-refractivity contribution in [1.29, 1.82) is 0 Å². The fourth-order valence-corrected chi connectivity index (χ4v) is 5.16. The van der Waals surface area contributed by atoms with Crippen molar-refractivity contribution in [3.05, 3.63) is 58.9 Å². The Labute approximate surface area is 180 Å². The Kier molecular flexibility index (Phi) is 4.93. The normalized spacial score (nSPS) is 21.8. The average molecular weight is 424 g/mol. The van der Waals surface area contributed by atoms with E-state index in [1.54, 1.807) is 13.2 Å². The van der Waals surface area contributed by atoms with E-state index >= 15 is 0 Å². The minimum atomic E-state index is -0.581. The molecule has 7 heteroatoms. The van der Waals surface area contributed by atoms with Crippen LogP contribution in [0.1, 0.15) is 41.9 Å². The molecule has 2 aromatic carbocycles. The van der Waals surface area contributed by atoms with Crippen LogP contribution in [0, 0.1) is 5.82 Å². The van der Waals surface area contributed by atoms with Crippen molar-refractivity contribution < 1.29 is 23.5 Å². The van der Waals surface area contributed by atoms with E-state index in [4.69, 9.17) is 9.47 Å². The van der Waals surface area contributed by atoms with Crippen LogP contribution in [0.15, 0.2) is 36.4 Å². The molecule has 6 nitrogen and oxygen atoms in total. The molecule has 162 valence electrons. The lowest BCUT2D eigenvalue weighted by Gasteiger charge is -2.45. The van der Waals surface area contributed by atoms with Crippen molar-refractivity contribution >= 4 is 17.5 Å². The summed E-state index contributed by atoms with van der Waals surface area (Å²) in [5.74, 6) is -0.514. The summed E-state index contributed by atoms with van der Waals surface area (Å²) < 4.78 is 25.3. The van der Waals surface area contributed by atoms with E-state index in [-0.39, 0.29) is 23.8 Å². The van der Waals surface area contributed by atoms with Crippen LogP contribution in [0.2, 0.25) is 0 Å². The highest BCUT2D eigenvalue weighted by Crippen LogP contribution is 2.43. The Morgan fingerprint density at radius 3 is 2.81 bits per heavy atom. The molecule has 31 heavy (non-hydrogen) atoms. The predicted molar refractivity (Wildman–Crippen MR) is 113 cm³/mol. The van der Waals surface area contributed by atoms with Gasteiger partial charge in [-0.3, -0.25) is 9.59 Å². The molecule has 0 aliphatic carbocycles. The average Bonchev–Trinajstić information content (AvgIpc) is 2.78. The molecule has 5 rings (SSSR count). The van der Waals surface area contributed by atoms with Gasteiger partial charge in [0.1, 0.15) is 11.6 Å². The van der Waals surface area contributed by atoms with E-state index in [2.05, 4.69) is 17.4 Å². The number of carbonyl (C=O) groups is 2. The number of hydrogen-bond acceptors (Lipinski definition) is 4. The van der Waals surface area contributed by atoms with Gasteiger partial charge < -0.3 is 19.7 Å². The number of hydrogen-bond donors (Lipinski definition) is 1. The number of likely N-dealkylation sites (tertiary alicyclic amines) is 1. The Hall–Kier alpha value is -2.93. The highest BCUT2D eigenvalue weighted by molar-refractivity contribution is 6.01. The minimum absolute atomic E-state index is 0.0803. The lowest BCUT2D eigenvalue weighted by molar-refractivity contribution is -0.143. The van der Waals surface area contributed by atoms with Gasteiger partial charge in [0.2, 0.25) is 11.8 Å². The second kappa shape index (κ2) is 7.64. The van der Waals surface area contributed by atoms with Crippen LogP contribution in [0.4, 0.5) is 10.1 Å². The molecular formula is C24H25FN2O4. The zero-order valence-corrected chi connectivity index (χ0v) is 17.4. The van der Waals surface area contributed by atoms with Gasteiger partial charge in [0.25, 0.3) is 0 Å². The van der Waals surface area contributed by atoms with Crippen molar-refractivity contribution in [2.45, 2.75) is 37.2 Å². The van der Waals surface area contributed by atoms with E-state index in [9.17, 15) is 14.0 Å². The summed E-state index contributed by atoms with van der Waals surface area (Å²) in [4.78, 5) is 27.3. The van der Waals surface area contributed by atoms with Gasteiger partial charge in [-0.2, -0.15) is 0 Å². The molecule has 1 saturated heterocycles.